The smallest absolute Gasteiger partial charge is 0.250 e. The van der Waals surface area contributed by atoms with Gasteiger partial charge < -0.3 is 8.98 Å². The Morgan fingerprint density at radius 2 is 1.73 bits per heavy atom. The van der Waals surface area contributed by atoms with Crippen LogP contribution in [0.25, 0.3) is 22.1 Å². The monoisotopic (exact) mass is 396 g/mol. The number of hydrogen-bond donors (Lipinski definition) is 0. The zero-order valence-corrected chi connectivity index (χ0v) is 16.8. The van der Waals surface area contributed by atoms with E-state index in [4.69, 9.17) is 4.42 Å². The molecule has 4 heterocycles. The second-order valence-corrected chi connectivity index (χ2v) is 8.69. The van der Waals surface area contributed by atoms with Crippen LogP contribution in [0, 0.1) is 5.92 Å². The van der Waals surface area contributed by atoms with Crippen LogP contribution in [-0.4, -0.2) is 22.6 Å². The third-order valence-electron chi connectivity index (χ3n) is 6.61. The minimum Gasteiger partial charge on any atom is -0.460 e. The highest BCUT2D eigenvalue weighted by Gasteiger charge is 2.36. The first-order valence-electron chi connectivity index (χ1n) is 10.7. The van der Waals surface area contributed by atoms with Crippen molar-refractivity contribution in [3.8, 4) is 11.1 Å². The first kappa shape index (κ1) is 17.7. The quantitative estimate of drug-likeness (QED) is 0.495. The third kappa shape index (κ3) is 2.99. The van der Waals surface area contributed by atoms with Crippen LogP contribution < -0.4 is 5.56 Å². The van der Waals surface area contributed by atoms with Crippen LogP contribution in [0.4, 0.5) is 0 Å². The van der Waals surface area contributed by atoms with E-state index in [-0.39, 0.29) is 5.56 Å². The molecule has 2 unspecified atom stereocenters. The van der Waals surface area contributed by atoms with Gasteiger partial charge in [0.15, 0.2) is 0 Å². The second-order valence-electron chi connectivity index (χ2n) is 8.69. The summed E-state index contributed by atoms with van der Waals surface area (Å²) in [7, 11) is 0. The molecule has 0 aliphatic carbocycles. The van der Waals surface area contributed by atoms with E-state index in [1.807, 2.05) is 34.9 Å². The van der Waals surface area contributed by atoms with Gasteiger partial charge >= 0.3 is 0 Å². The maximum atomic E-state index is 12.7. The fraction of sp³-hybridized carbons (Fsp3) is 0.269. The van der Waals surface area contributed by atoms with E-state index in [0.717, 1.165) is 49.3 Å². The van der Waals surface area contributed by atoms with Gasteiger partial charge in [0.05, 0.1) is 6.54 Å². The van der Waals surface area contributed by atoms with Crippen molar-refractivity contribution in [2.45, 2.75) is 25.4 Å². The van der Waals surface area contributed by atoms with Gasteiger partial charge in [-0.25, -0.2) is 0 Å². The summed E-state index contributed by atoms with van der Waals surface area (Å²) in [4.78, 5) is 15.2. The number of fused-ring (bicyclic) bond motifs is 5. The molecule has 2 atom stereocenters. The Balaban J connectivity index is 1.34. The Morgan fingerprint density at radius 1 is 0.900 bits per heavy atom. The molecule has 0 radical (unpaired) electrons. The summed E-state index contributed by atoms with van der Waals surface area (Å²) in [6, 6.07) is 24.6. The van der Waals surface area contributed by atoms with Crippen LogP contribution in [0.15, 0.2) is 82.0 Å². The number of likely N-dealkylation sites (tertiary alicyclic amines) is 1. The average Bonchev–Trinajstić information content (AvgIpc) is 3.17. The fourth-order valence-electron chi connectivity index (χ4n) is 5.44. The van der Waals surface area contributed by atoms with Crippen molar-refractivity contribution in [1.29, 1.82) is 0 Å². The van der Waals surface area contributed by atoms with Gasteiger partial charge in [0, 0.05) is 48.3 Å². The third-order valence-corrected chi connectivity index (χ3v) is 6.61. The molecule has 0 spiro atoms. The van der Waals surface area contributed by atoms with Gasteiger partial charge in [-0.05, 0) is 36.1 Å². The lowest BCUT2D eigenvalue weighted by Crippen LogP contribution is -2.46. The summed E-state index contributed by atoms with van der Waals surface area (Å²) >= 11 is 0. The molecule has 0 N–H and O–H groups in total. The molecule has 150 valence electrons. The lowest BCUT2D eigenvalue weighted by atomic mass is 9.80. The van der Waals surface area contributed by atoms with Gasteiger partial charge in [0.2, 0.25) is 0 Å². The Bertz CT molecular complexity index is 1240. The van der Waals surface area contributed by atoms with E-state index in [1.54, 1.807) is 6.07 Å². The second kappa shape index (κ2) is 6.99. The first-order valence-corrected chi connectivity index (χ1v) is 10.7. The van der Waals surface area contributed by atoms with Crippen molar-refractivity contribution < 1.29 is 4.42 Å². The van der Waals surface area contributed by atoms with Crippen LogP contribution in [0.3, 0.4) is 0 Å². The molecule has 1 fully saturated rings. The van der Waals surface area contributed by atoms with Gasteiger partial charge in [-0.2, -0.15) is 0 Å². The van der Waals surface area contributed by atoms with Crippen LogP contribution in [0.2, 0.25) is 0 Å². The highest BCUT2D eigenvalue weighted by atomic mass is 16.3. The molecule has 1 saturated heterocycles. The minimum absolute atomic E-state index is 0.130. The topological polar surface area (TPSA) is 38.4 Å². The largest absolute Gasteiger partial charge is 0.460 e. The number of para-hydroxylation sites is 1. The molecular weight excluding hydrogens is 372 g/mol. The van der Waals surface area contributed by atoms with Crippen molar-refractivity contribution >= 4 is 11.0 Å². The van der Waals surface area contributed by atoms with Crippen molar-refractivity contribution in [2.24, 2.45) is 5.92 Å². The molecule has 2 aliphatic rings. The van der Waals surface area contributed by atoms with Crippen LogP contribution in [0.1, 0.15) is 23.8 Å². The molecule has 2 bridgehead atoms. The lowest BCUT2D eigenvalue weighted by Gasteiger charge is -2.43. The Labute approximate surface area is 175 Å². The van der Waals surface area contributed by atoms with Gasteiger partial charge in [-0.3, -0.25) is 9.69 Å². The molecule has 2 aromatic carbocycles. The summed E-state index contributed by atoms with van der Waals surface area (Å²) in [5.41, 5.74) is 4.68. The molecule has 4 heteroatoms. The number of hydrogen-bond acceptors (Lipinski definition) is 3. The van der Waals surface area contributed by atoms with E-state index in [2.05, 4.69) is 41.3 Å². The maximum absolute atomic E-state index is 12.7. The normalized spacial score (nSPS) is 20.9. The number of aromatic nitrogens is 1. The molecular formula is C26H24N2O2. The van der Waals surface area contributed by atoms with Crippen LogP contribution in [-0.2, 0) is 13.1 Å². The number of benzene rings is 2. The van der Waals surface area contributed by atoms with E-state index >= 15 is 0 Å². The Hall–Kier alpha value is -3.11. The minimum atomic E-state index is 0.130. The predicted octanol–water partition coefficient (Wildman–Crippen LogP) is 4.88. The summed E-state index contributed by atoms with van der Waals surface area (Å²) < 4.78 is 8.12. The molecule has 6 rings (SSSR count). The molecule has 0 saturated carbocycles. The van der Waals surface area contributed by atoms with Crippen molar-refractivity contribution in [1.82, 2.24) is 9.47 Å². The van der Waals surface area contributed by atoms with Gasteiger partial charge in [0.1, 0.15) is 11.3 Å². The highest BCUT2D eigenvalue weighted by Crippen LogP contribution is 2.40. The molecule has 30 heavy (non-hydrogen) atoms. The number of piperidine rings is 1. The van der Waals surface area contributed by atoms with E-state index in [0.29, 0.717) is 11.8 Å². The molecule has 2 aliphatic heterocycles. The van der Waals surface area contributed by atoms with Crippen LogP contribution in [0.5, 0.6) is 0 Å². The lowest BCUT2D eigenvalue weighted by molar-refractivity contribution is 0.109. The standard InChI is InChI=1S/C26H24N2O2/c29-25-11-10-23(19-6-2-1-3-7-19)26-21-12-18(15-28(25)26)14-27(16-21)17-22-13-20-8-4-5-9-24(20)30-22/h1-11,13,18,21H,12,14-17H2. The number of furan rings is 1. The number of pyridine rings is 1. The highest BCUT2D eigenvalue weighted by molar-refractivity contribution is 5.77. The SMILES string of the molecule is O=c1ccc(-c2ccccc2)c2n1CC1CC2CN(Cc2cc3ccccc3o2)C1. The van der Waals surface area contributed by atoms with Crippen molar-refractivity contribution in [2.75, 3.05) is 13.1 Å². The summed E-state index contributed by atoms with van der Waals surface area (Å²) in [5.74, 6) is 1.89. The maximum Gasteiger partial charge on any atom is 0.250 e. The first-order chi connectivity index (χ1) is 14.7. The average molecular weight is 396 g/mol. The molecule has 4 aromatic rings. The van der Waals surface area contributed by atoms with Crippen LogP contribution >= 0.6 is 0 Å². The number of rotatable bonds is 3. The molecule has 4 nitrogen and oxygen atoms in total. The van der Waals surface area contributed by atoms with Gasteiger partial charge in [0.25, 0.3) is 5.56 Å². The Kier molecular flexibility index (Phi) is 4.13. The summed E-state index contributed by atoms with van der Waals surface area (Å²) in [6.45, 7) is 3.59. The fourth-order valence-corrected chi connectivity index (χ4v) is 5.44. The summed E-state index contributed by atoms with van der Waals surface area (Å²) in [6.07, 6.45) is 1.15. The van der Waals surface area contributed by atoms with Crippen molar-refractivity contribution in [3.05, 3.63) is 94.6 Å². The summed E-state index contributed by atoms with van der Waals surface area (Å²) in [5, 5.41) is 1.16. The van der Waals surface area contributed by atoms with Gasteiger partial charge in [-0.15, -0.1) is 0 Å². The van der Waals surface area contributed by atoms with E-state index in [1.165, 1.54) is 16.8 Å². The van der Waals surface area contributed by atoms with Gasteiger partial charge in [-0.1, -0.05) is 48.5 Å². The van der Waals surface area contributed by atoms with E-state index in [9.17, 15) is 4.79 Å². The van der Waals surface area contributed by atoms with Crippen molar-refractivity contribution in [3.63, 3.8) is 0 Å². The predicted molar refractivity (Wildman–Crippen MR) is 118 cm³/mol. The zero-order valence-electron chi connectivity index (χ0n) is 16.8. The molecule has 0 amide bonds. The Morgan fingerprint density at radius 3 is 2.60 bits per heavy atom. The molecule has 2 aromatic heterocycles. The number of nitrogens with zero attached hydrogens (tertiary/aromatic N) is 2. The zero-order chi connectivity index (χ0) is 20.1. The van der Waals surface area contributed by atoms with E-state index < -0.39 is 0 Å².